The summed E-state index contributed by atoms with van der Waals surface area (Å²) in [6.07, 6.45) is 41.7. The van der Waals surface area contributed by atoms with Crippen molar-refractivity contribution in [1.29, 1.82) is 0 Å². The van der Waals surface area contributed by atoms with Crippen LogP contribution in [0.25, 0.3) is 0 Å². The maximum atomic E-state index is 12.8. The fourth-order valence-corrected chi connectivity index (χ4v) is 7.06. The van der Waals surface area contributed by atoms with Gasteiger partial charge in [-0.25, -0.2) is 4.57 Å². The maximum absolute atomic E-state index is 12.8. The van der Waals surface area contributed by atoms with Crippen LogP contribution in [0.15, 0.2) is 109 Å². The van der Waals surface area contributed by atoms with Gasteiger partial charge in [0.05, 0.1) is 13.2 Å². The first kappa shape index (κ1) is 57.0. The predicted octanol–water partition coefficient (Wildman–Crippen LogP) is 9.30. The number of ether oxygens (including phenoxy) is 2. The van der Waals surface area contributed by atoms with Crippen molar-refractivity contribution in [3.8, 4) is 0 Å². The van der Waals surface area contributed by atoms with Gasteiger partial charge in [0.2, 0.25) is 0 Å². The standard InChI is InChI=1S/C49H79O12P/c1-3-5-7-9-11-13-15-17-19-20-21-22-23-25-27-29-31-33-35-37-39-58-40-42(41-59-62(56,57)61-49-47(54)45(52)44(51)46(53)48(49)55)60-43(50)38-36-34-32-30-28-26-24-18-16-14-12-10-8-6-4-2/h5-8,11-14,17-19,21-22,24-25,27,31,33,42,44-49,51-55H,3-4,9-10,15-16,20,23,26,28-30,32,34-41H2,1-2H3,(H,56,57)/b7-5-,8-6-,13-11-,14-12-,19-17-,22-21-,24-18-,27-25-,33-31-. The highest BCUT2D eigenvalue weighted by atomic mass is 31.2. The van der Waals surface area contributed by atoms with Gasteiger partial charge in [-0.15, -0.1) is 0 Å². The lowest BCUT2D eigenvalue weighted by molar-refractivity contribution is -0.220. The van der Waals surface area contributed by atoms with E-state index in [4.69, 9.17) is 18.5 Å². The lowest BCUT2D eigenvalue weighted by atomic mass is 9.85. The summed E-state index contributed by atoms with van der Waals surface area (Å²) in [6.45, 7) is 3.84. The molecule has 1 fully saturated rings. The van der Waals surface area contributed by atoms with E-state index in [2.05, 4.69) is 123 Å². The Morgan fingerprint density at radius 2 is 0.903 bits per heavy atom. The molecule has 6 atom stereocenters. The van der Waals surface area contributed by atoms with Gasteiger partial charge in [0.1, 0.15) is 42.7 Å². The Morgan fingerprint density at radius 1 is 0.516 bits per heavy atom. The van der Waals surface area contributed by atoms with Crippen LogP contribution in [0.2, 0.25) is 0 Å². The fraction of sp³-hybridized carbons (Fsp3) is 0.612. The van der Waals surface area contributed by atoms with Crippen LogP contribution in [-0.2, 0) is 27.9 Å². The number of esters is 1. The molecule has 13 heteroatoms. The van der Waals surface area contributed by atoms with Gasteiger partial charge in [0.25, 0.3) is 0 Å². The average molecular weight is 891 g/mol. The molecule has 0 aliphatic heterocycles. The number of rotatable bonds is 36. The molecule has 1 aliphatic rings. The minimum absolute atomic E-state index is 0.132. The molecule has 1 saturated carbocycles. The van der Waals surface area contributed by atoms with Crippen molar-refractivity contribution in [3.63, 3.8) is 0 Å². The molecule has 12 nitrogen and oxygen atoms in total. The number of phosphoric ester groups is 1. The number of hydrogen-bond acceptors (Lipinski definition) is 11. The van der Waals surface area contributed by atoms with Crippen molar-refractivity contribution < 1.29 is 58.3 Å². The Morgan fingerprint density at radius 3 is 1.37 bits per heavy atom. The molecule has 0 amide bonds. The lowest BCUT2D eigenvalue weighted by Crippen LogP contribution is -2.64. The molecule has 0 spiro atoms. The zero-order valence-electron chi connectivity index (χ0n) is 37.4. The van der Waals surface area contributed by atoms with E-state index < -0.39 is 63.1 Å². The second-order valence-electron chi connectivity index (χ2n) is 15.1. The normalized spacial score (nSPS) is 23.0. The van der Waals surface area contributed by atoms with Crippen molar-refractivity contribution >= 4 is 13.8 Å². The number of carbonyl (C=O) groups is 1. The molecule has 0 aromatic carbocycles. The highest BCUT2D eigenvalue weighted by molar-refractivity contribution is 7.47. The molecule has 0 saturated heterocycles. The third kappa shape index (κ3) is 30.1. The van der Waals surface area contributed by atoms with Gasteiger partial charge in [0, 0.05) is 13.0 Å². The Kier molecular flexibility index (Phi) is 35.4. The van der Waals surface area contributed by atoms with Crippen LogP contribution in [0, 0.1) is 0 Å². The number of allylic oxidation sites excluding steroid dienone is 18. The maximum Gasteiger partial charge on any atom is 0.472 e. The van der Waals surface area contributed by atoms with Gasteiger partial charge >= 0.3 is 13.8 Å². The summed E-state index contributed by atoms with van der Waals surface area (Å²) in [6, 6.07) is 0. The Hall–Kier alpha value is -3.00. The minimum atomic E-state index is -5.05. The number of unbranched alkanes of at least 4 members (excludes halogenated alkanes) is 6. The van der Waals surface area contributed by atoms with Crippen LogP contribution >= 0.6 is 7.82 Å². The smallest absolute Gasteiger partial charge is 0.457 e. The van der Waals surface area contributed by atoms with E-state index in [-0.39, 0.29) is 13.0 Å². The second-order valence-corrected chi connectivity index (χ2v) is 16.5. The second kappa shape index (κ2) is 38.5. The zero-order chi connectivity index (χ0) is 45.5. The first-order chi connectivity index (χ1) is 30.0. The highest BCUT2D eigenvalue weighted by Crippen LogP contribution is 2.47. The molecule has 1 aliphatic carbocycles. The number of aliphatic hydroxyl groups excluding tert-OH is 5. The van der Waals surface area contributed by atoms with E-state index in [0.29, 0.717) is 19.4 Å². The van der Waals surface area contributed by atoms with Crippen molar-refractivity contribution in [2.75, 3.05) is 19.8 Å². The molecule has 1 rings (SSSR count). The largest absolute Gasteiger partial charge is 0.472 e. The first-order valence-electron chi connectivity index (χ1n) is 22.7. The Labute approximate surface area is 372 Å². The lowest BCUT2D eigenvalue weighted by Gasteiger charge is -2.41. The van der Waals surface area contributed by atoms with Crippen LogP contribution in [-0.4, -0.2) is 98.9 Å². The summed E-state index contributed by atoms with van der Waals surface area (Å²) in [4.78, 5) is 23.1. The zero-order valence-corrected chi connectivity index (χ0v) is 38.3. The van der Waals surface area contributed by atoms with E-state index in [1.807, 2.05) is 0 Å². The molecule has 0 bridgehead atoms. The average Bonchev–Trinajstić information content (AvgIpc) is 3.26. The van der Waals surface area contributed by atoms with Crippen LogP contribution in [0.4, 0.5) is 0 Å². The molecule has 0 aromatic rings. The van der Waals surface area contributed by atoms with Gasteiger partial charge in [0.15, 0.2) is 0 Å². The van der Waals surface area contributed by atoms with Crippen LogP contribution < -0.4 is 0 Å². The summed E-state index contributed by atoms with van der Waals surface area (Å²) in [5.41, 5.74) is 0. The van der Waals surface area contributed by atoms with Gasteiger partial charge < -0.3 is 39.9 Å². The third-order valence-electron chi connectivity index (χ3n) is 9.64. The molecule has 0 aromatic heterocycles. The number of carbonyl (C=O) groups excluding carboxylic acids is 1. The summed E-state index contributed by atoms with van der Waals surface area (Å²) >= 11 is 0. The molecule has 62 heavy (non-hydrogen) atoms. The van der Waals surface area contributed by atoms with Crippen molar-refractivity contribution in [3.05, 3.63) is 109 Å². The minimum Gasteiger partial charge on any atom is -0.457 e. The Balaban J connectivity index is 2.47. The first-order valence-corrected chi connectivity index (χ1v) is 24.2. The fourth-order valence-electron chi connectivity index (χ4n) is 6.09. The van der Waals surface area contributed by atoms with Crippen LogP contribution in [0.1, 0.15) is 129 Å². The van der Waals surface area contributed by atoms with Crippen molar-refractivity contribution in [2.45, 2.75) is 172 Å². The Bertz CT molecular complexity index is 1430. The molecule has 6 N–H and O–H groups in total. The quantitative estimate of drug-likeness (QED) is 0.0151. The van der Waals surface area contributed by atoms with Crippen LogP contribution in [0.5, 0.6) is 0 Å². The van der Waals surface area contributed by atoms with Gasteiger partial charge in [-0.2, -0.15) is 0 Å². The molecule has 6 unspecified atom stereocenters. The SMILES string of the molecule is CC/C=C\C/C=C\C/C=C\C/C=C\C/C=C\C/C=C\CCCOCC(COP(=O)(O)OC1C(O)C(O)C(O)C(O)C1O)OC(=O)CCCCCCC/C=C\C/C=C\C/C=C\CC. The van der Waals surface area contributed by atoms with E-state index in [1.165, 1.54) is 0 Å². The van der Waals surface area contributed by atoms with E-state index >= 15 is 0 Å². The topological polar surface area (TPSA) is 192 Å². The van der Waals surface area contributed by atoms with Crippen molar-refractivity contribution in [1.82, 2.24) is 0 Å². The van der Waals surface area contributed by atoms with Crippen LogP contribution in [0.3, 0.4) is 0 Å². The monoisotopic (exact) mass is 891 g/mol. The van der Waals surface area contributed by atoms with Gasteiger partial charge in [-0.3, -0.25) is 13.8 Å². The summed E-state index contributed by atoms with van der Waals surface area (Å²) in [5, 5.41) is 50.2. The molecule has 0 radical (unpaired) electrons. The molecular formula is C49H79O12P. The highest BCUT2D eigenvalue weighted by Gasteiger charge is 2.51. The number of phosphoric acid groups is 1. The van der Waals surface area contributed by atoms with Gasteiger partial charge in [-0.05, 0) is 89.9 Å². The van der Waals surface area contributed by atoms with E-state index in [9.17, 15) is 39.8 Å². The third-order valence-corrected chi connectivity index (χ3v) is 10.6. The van der Waals surface area contributed by atoms with E-state index in [1.54, 1.807) is 0 Å². The summed E-state index contributed by atoms with van der Waals surface area (Å²) in [7, 11) is -5.05. The summed E-state index contributed by atoms with van der Waals surface area (Å²) < 4.78 is 34.1. The summed E-state index contributed by atoms with van der Waals surface area (Å²) in [5.74, 6) is -0.520. The molecular weight excluding hydrogens is 812 g/mol. The predicted molar refractivity (Wildman–Crippen MR) is 248 cm³/mol. The molecule has 352 valence electrons. The van der Waals surface area contributed by atoms with Gasteiger partial charge in [-0.1, -0.05) is 142 Å². The molecule has 0 heterocycles. The number of aliphatic hydroxyl groups is 5. The number of hydrogen-bond donors (Lipinski definition) is 6. The van der Waals surface area contributed by atoms with Crippen molar-refractivity contribution in [2.24, 2.45) is 0 Å². The van der Waals surface area contributed by atoms with E-state index in [0.717, 1.165) is 96.3 Å².